The molecule has 8 heteroatoms. The van der Waals surface area contributed by atoms with Gasteiger partial charge in [-0.05, 0) is 39.3 Å². The Bertz CT molecular complexity index is 557. The summed E-state index contributed by atoms with van der Waals surface area (Å²) in [4.78, 5) is 28.1. The fraction of sp³-hybridized carbons (Fsp3) is 0.533. The second-order valence-corrected chi connectivity index (χ2v) is 5.85. The Morgan fingerprint density at radius 2 is 1.96 bits per heavy atom. The molecular formula is C15H21LiN2O5. The molecule has 0 atom stereocenters. The molecule has 23 heavy (non-hydrogen) atoms. The number of hydrogen-bond donors (Lipinski definition) is 1. The van der Waals surface area contributed by atoms with Crippen molar-refractivity contribution in [3.63, 3.8) is 0 Å². The van der Waals surface area contributed by atoms with Gasteiger partial charge >= 0.3 is 25.0 Å². The summed E-state index contributed by atoms with van der Waals surface area (Å²) in [7, 11) is 0. The Labute approximate surface area is 147 Å². The molecule has 1 aromatic rings. The zero-order chi connectivity index (χ0) is 16.9. The first-order chi connectivity index (χ1) is 10.1. The number of rotatable bonds is 5. The van der Waals surface area contributed by atoms with Crippen molar-refractivity contribution in [1.29, 1.82) is 0 Å². The predicted octanol–water partition coefficient (Wildman–Crippen LogP) is -2.51. The smallest absolute Gasteiger partial charge is 0.543 e. The van der Waals surface area contributed by atoms with Gasteiger partial charge in [0, 0.05) is 12.2 Å². The van der Waals surface area contributed by atoms with E-state index in [2.05, 4.69) is 4.98 Å². The molecule has 0 aromatic carbocycles. The minimum atomic E-state index is -1.35. The summed E-state index contributed by atoms with van der Waals surface area (Å²) < 4.78 is 5.28. The number of amides is 1. The summed E-state index contributed by atoms with van der Waals surface area (Å²) in [6, 6.07) is 2.89. The topological polar surface area (TPSA) is 103 Å². The van der Waals surface area contributed by atoms with Crippen molar-refractivity contribution in [2.24, 2.45) is 0 Å². The van der Waals surface area contributed by atoms with Crippen molar-refractivity contribution in [2.45, 2.75) is 39.8 Å². The zero-order valence-electron chi connectivity index (χ0n) is 14.3. The molecule has 0 unspecified atom stereocenters. The van der Waals surface area contributed by atoms with Crippen LogP contribution < -0.4 is 24.0 Å². The zero-order valence-corrected chi connectivity index (χ0v) is 14.3. The van der Waals surface area contributed by atoms with Crippen LogP contribution in [0.25, 0.3) is 0 Å². The third kappa shape index (κ3) is 7.04. The first kappa shape index (κ1) is 21.4. The van der Waals surface area contributed by atoms with Crippen LogP contribution in [0.3, 0.4) is 0 Å². The average Bonchev–Trinajstić information content (AvgIpc) is 2.37. The summed E-state index contributed by atoms with van der Waals surface area (Å²) in [5.41, 5.74) is 0.349. The number of aliphatic hydroxyl groups is 1. The molecule has 0 fully saturated rings. The number of aromatic carboxylic acids is 1. The first-order valence-electron chi connectivity index (χ1n) is 6.90. The Hall–Kier alpha value is -1.55. The molecular weight excluding hydrogens is 295 g/mol. The first-order valence-corrected chi connectivity index (χ1v) is 6.90. The maximum Gasteiger partial charge on any atom is 1.00 e. The third-order valence-electron chi connectivity index (χ3n) is 2.79. The van der Waals surface area contributed by atoms with E-state index in [0.717, 1.165) is 0 Å². The van der Waals surface area contributed by atoms with E-state index in [1.54, 1.807) is 33.8 Å². The molecule has 1 amide bonds. The van der Waals surface area contributed by atoms with Gasteiger partial charge in [0.25, 0.3) is 0 Å². The molecule has 122 valence electrons. The van der Waals surface area contributed by atoms with Crippen LogP contribution in [0.2, 0.25) is 0 Å². The van der Waals surface area contributed by atoms with Gasteiger partial charge in [0.1, 0.15) is 5.60 Å². The van der Waals surface area contributed by atoms with E-state index < -0.39 is 17.7 Å². The minimum Gasteiger partial charge on any atom is -0.543 e. The molecule has 0 spiro atoms. The second kappa shape index (κ2) is 8.92. The summed E-state index contributed by atoms with van der Waals surface area (Å²) in [5, 5.41) is 19.9. The molecule has 0 saturated heterocycles. The molecule has 7 nitrogen and oxygen atoms in total. The van der Waals surface area contributed by atoms with Gasteiger partial charge < -0.3 is 24.6 Å². The average molecular weight is 316 g/mol. The number of carbonyl (C=O) groups is 2. The van der Waals surface area contributed by atoms with Gasteiger partial charge in [0.15, 0.2) is 0 Å². The fourth-order valence-corrected chi connectivity index (χ4v) is 1.76. The number of aryl methyl sites for hydroxylation is 1. The van der Waals surface area contributed by atoms with Crippen LogP contribution in [-0.4, -0.2) is 45.8 Å². The molecule has 0 aliphatic heterocycles. The summed E-state index contributed by atoms with van der Waals surface area (Å²) >= 11 is 0. The molecule has 0 saturated carbocycles. The summed E-state index contributed by atoms with van der Waals surface area (Å²) in [5.74, 6) is -1.35. The van der Waals surface area contributed by atoms with Gasteiger partial charge in [-0.3, -0.25) is 4.98 Å². The maximum absolute atomic E-state index is 12.1. The molecule has 0 aliphatic rings. The van der Waals surface area contributed by atoms with E-state index >= 15 is 0 Å². The Kier molecular flexibility index (Phi) is 8.32. The molecule has 0 bridgehead atoms. The quantitative estimate of drug-likeness (QED) is 0.602. The van der Waals surface area contributed by atoms with E-state index in [1.807, 2.05) is 0 Å². The van der Waals surface area contributed by atoms with Crippen LogP contribution in [-0.2, 0) is 11.3 Å². The number of hydrogen-bond acceptors (Lipinski definition) is 6. The van der Waals surface area contributed by atoms with E-state index in [-0.39, 0.29) is 44.3 Å². The fourth-order valence-electron chi connectivity index (χ4n) is 1.76. The molecule has 1 aromatic heterocycles. The van der Waals surface area contributed by atoms with Crippen LogP contribution in [0, 0.1) is 6.92 Å². The van der Waals surface area contributed by atoms with Crippen molar-refractivity contribution in [2.75, 3.05) is 13.2 Å². The van der Waals surface area contributed by atoms with Crippen LogP contribution in [0.5, 0.6) is 0 Å². The number of carboxylic acid groups (broad SMARTS) is 1. The maximum atomic E-state index is 12.1. The predicted molar refractivity (Wildman–Crippen MR) is 77.0 cm³/mol. The number of carbonyl (C=O) groups excluding carboxylic acids is 2. The van der Waals surface area contributed by atoms with Gasteiger partial charge in [-0.1, -0.05) is 6.07 Å². The minimum absolute atomic E-state index is 0. The second-order valence-electron chi connectivity index (χ2n) is 5.85. The monoisotopic (exact) mass is 316 g/mol. The number of pyridine rings is 1. The number of aliphatic hydroxyl groups excluding tert-OH is 1. The molecule has 0 aliphatic carbocycles. The number of carboxylic acids is 1. The third-order valence-corrected chi connectivity index (χ3v) is 2.79. The van der Waals surface area contributed by atoms with Crippen molar-refractivity contribution in [3.05, 3.63) is 29.1 Å². The van der Waals surface area contributed by atoms with Gasteiger partial charge in [-0.15, -0.1) is 0 Å². The molecule has 1 N–H and O–H groups in total. The standard InChI is InChI=1S/C15H22N2O5.Li/c1-10-11(5-6-12(16-10)13(19)20)9-17(7-8-18)14(21)22-15(2,3)4;/h5-6,18H,7-9H2,1-4H3,(H,19,20);/q;+1/p-1. The van der Waals surface area contributed by atoms with E-state index in [9.17, 15) is 14.7 Å². The molecule has 1 heterocycles. The Balaban J connectivity index is 0.00000484. The summed E-state index contributed by atoms with van der Waals surface area (Å²) in [6.45, 7) is 6.98. The number of ether oxygens (including phenoxy) is 1. The van der Waals surface area contributed by atoms with E-state index in [1.165, 1.54) is 11.0 Å². The Morgan fingerprint density at radius 1 is 1.35 bits per heavy atom. The van der Waals surface area contributed by atoms with Crippen LogP contribution in [0.4, 0.5) is 4.79 Å². The molecule has 1 rings (SSSR count). The number of nitrogens with zero attached hydrogens (tertiary/aromatic N) is 2. The van der Waals surface area contributed by atoms with Gasteiger partial charge in [-0.25, -0.2) is 4.79 Å². The van der Waals surface area contributed by atoms with E-state index in [0.29, 0.717) is 11.3 Å². The van der Waals surface area contributed by atoms with Crippen molar-refractivity contribution < 1.29 is 43.4 Å². The Morgan fingerprint density at radius 3 is 2.39 bits per heavy atom. The van der Waals surface area contributed by atoms with Gasteiger partial charge in [-0.2, -0.15) is 0 Å². The van der Waals surface area contributed by atoms with Crippen LogP contribution in [0.1, 0.15) is 42.5 Å². The van der Waals surface area contributed by atoms with Crippen LogP contribution in [0.15, 0.2) is 12.1 Å². The normalized spacial score (nSPS) is 10.7. The number of aromatic nitrogens is 1. The van der Waals surface area contributed by atoms with Crippen molar-refractivity contribution >= 4 is 12.1 Å². The summed E-state index contributed by atoms with van der Waals surface area (Å²) in [6.07, 6.45) is -0.551. The van der Waals surface area contributed by atoms with Crippen LogP contribution >= 0.6 is 0 Å². The van der Waals surface area contributed by atoms with E-state index in [4.69, 9.17) is 9.84 Å². The van der Waals surface area contributed by atoms with Gasteiger partial charge in [0.05, 0.1) is 24.8 Å². The van der Waals surface area contributed by atoms with Crippen molar-refractivity contribution in [3.8, 4) is 0 Å². The molecule has 0 radical (unpaired) electrons. The SMILES string of the molecule is Cc1nc(C(=O)[O-])ccc1CN(CCO)C(=O)OC(C)(C)C.[Li+]. The van der Waals surface area contributed by atoms with Gasteiger partial charge in [0.2, 0.25) is 0 Å². The largest absolute Gasteiger partial charge is 1.00 e. The van der Waals surface area contributed by atoms with Crippen molar-refractivity contribution in [1.82, 2.24) is 9.88 Å².